The second-order valence-corrected chi connectivity index (χ2v) is 5.20. The minimum atomic E-state index is -0.451. The van der Waals surface area contributed by atoms with E-state index in [1.165, 1.54) is 0 Å². The summed E-state index contributed by atoms with van der Waals surface area (Å²) in [6.45, 7) is 3.54. The van der Waals surface area contributed by atoms with E-state index in [2.05, 4.69) is 10.4 Å². The van der Waals surface area contributed by atoms with Crippen LogP contribution in [-0.4, -0.2) is 32.9 Å². The van der Waals surface area contributed by atoms with Crippen LogP contribution >= 0.6 is 0 Å². The van der Waals surface area contributed by atoms with Crippen molar-refractivity contribution in [1.82, 2.24) is 15.1 Å². The number of carbonyl (C=O) groups excluding carboxylic acids is 1. The van der Waals surface area contributed by atoms with E-state index < -0.39 is 6.10 Å². The quantitative estimate of drug-likeness (QED) is 0.724. The number of aliphatic hydroxyl groups excluding tert-OH is 1. The molecule has 6 heteroatoms. The highest BCUT2D eigenvalue weighted by Gasteiger charge is 2.14. The lowest BCUT2D eigenvalue weighted by Gasteiger charge is -2.14. The van der Waals surface area contributed by atoms with E-state index in [9.17, 15) is 9.90 Å². The number of hydrogen-bond acceptors (Lipinski definition) is 4. The summed E-state index contributed by atoms with van der Waals surface area (Å²) in [5.74, 6) is -0.252. The Morgan fingerprint density at radius 2 is 2.00 bits per heavy atom. The van der Waals surface area contributed by atoms with Gasteiger partial charge in [-0.15, -0.1) is 0 Å². The molecule has 21 heavy (non-hydrogen) atoms. The third-order valence-electron chi connectivity index (χ3n) is 3.05. The molecule has 0 aliphatic carbocycles. The third kappa shape index (κ3) is 4.06. The van der Waals surface area contributed by atoms with E-state index in [1.54, 1.807) is 36.0 Å². The predicted octanol–water partition coefficient (Wildman–Crippen LogP) is 1.34. The number of nitrogen functional groups attached to an aromatic ring is 1. The number of benzene rings is 1. The molecule has 2 unspecified atom stereocenters. The fourth-order valence-electron chi connectivity index (χ4n) is 2.08. The van der Waals surface area contributed by atoms with E-state index in [0.717, 1.165) is 5.69 Å². The number of nitrogens with zero attached hydrogens (tertiary/aromatic N) is 2. The highest BCUT2D eigenvalue weighted by molar-refractivity contribution is 5.92. The molecule has 0 fully saturated rings. The number of nitrogens with two attached hydrogens (primary N) is 1. The van der Waals surface area contributed by atoms with E-state index in [4.69, 9.17) is 5.73 Å². The Balaban J connectivity index is 2.05. The largest absolute Gasteiger partial charge is 0.399 e. The lowest BCUT2D eigenvalue weighted by Crippen LogP contribution is -2.34. The maximum atomic E-state index is 12.0. The Kier molecular flexibility index (Phi) is 4.59. The molecule has 0 saturated carbocycles. The molecule has 2 atom stereocenters. The molecule has 0 bridgehead atoms. The van der Waals surface area contributed by atoms with Crippen molar-refractivity contribution >= 4 is 11.6 Å². The van der Waals surface area contributed by atoms with Gasteiger partial charge in [-0.25, -0.2) is 4.68 Å². The molecule has 0 aliphatic heterocycles. The van der Waals surface area contributed by atoms with Gasteiger partial charge in [0.1, 0.15) is 0 Å². The molecule has 0 saturated heterocycles. The van der Waals surface area contributed by atoms with Crippen LogP contribution in [0.2, 0.25) is 0 Å². The van der Waals surface area contributed by atoms with Crippen molar-refractivity contribution in [3.63, 3.8) is 0 Å². The molecule has 1 heterocycles. The van der Waals surface area contributed by atoms with Crippen molar-refractivity contribution in [2.45, 2.75) is 32.4 Å². The number of rotatable bonds is 5. The zero-order valence-electron chi connectivity index (χ0n) is 12.2. The van der Waals surface area contributed by atoms with Gasteiger partial charge in [-0.05, 0) is 50.6 Å². The van der Waals surface area contributed by atoms with Gasteiger partial charge in [0.05, 0.1) is 11.8 Å². The Labute approximate surface area is 123 Å². The molecular formula is C15H20N4O2. The van der Waals surface area contributed by atoms with Crippen LogP contribution in [-0.2, 0) is 0 Å². The maximum Gasteiger partial charge on any atom is 0.271 e. The normalized spacial score (nSPS) is 13.7. The van der Waals surface area contributed by atoms with Gasteiger partial charge in [0.2, 0.25) is 0 Å². The summed E-state index contributed by atoms with van der Waals surface area (Å²) in [7, 11) is 0. The topological polar surface area (TPSA) is 93.2 Å². The first kappa shape index (κ1) is 15.1. The van der Waals surface area contributed by atoms with Crippen LogP contribution in [0.5, 0.6) is 0 Å². The lowest BCUT2D eigenvalue weighted by molar-refractivity contribution is 0.0917. The SMILES string of the molecule is CC(O)CC(C)NC(=O)c1ccn(-c2ccc(N)cc2)n1. The van der Waals surface area contributed by atoms with Gasteiger partial charge in [0.25, 0.3) is 5.91 Å². The summed E-state index contributed by atoms with van der Waals surface area (Å²) in [4.78, 5) is 12.0. The number of anilines is 1. The molecule has 6 nitrogen and oxygen atoms in total. The van der Waals surface area contributed by atoms with Gasteiger partial charge in [-0.2, -0.15) is 5.10 Å². The number of aromatic nitrogens is 2. The smallest absolute Gasteiger partial charge is 0.271 e. The van der Waals surface area contributed by atoms with Crippen molar-refractivity contribution in [1.29, 1.82) is 0 Å². The number of aliphatic hydroxyl groups is 1. The number of hydrogen-bond donors (Lipinski definition) is 3. The molecule has 1 amide bonds. The maximum absolute atomic E-state index is 12.0. The van der Waals surface area contributed by atoms with Crippen molar-refractivity contribution in [3.8, 4) is 5.69 Å². The minimum Gasteiger partial charge on any atom is -0.399 e. The average Bonchev–Trinajstić information content (AvgIpc) is 2.88. The van der Waals surface area contributed by atoms with Gasteiger partial charge < -0.3 is 16.2 Å². The van der Waals surface area contributed by atoms with Crippen molar-refractivity contribution in [2.75, 3.05) is 5.73 Å². The van der Waals surface area contributed by atoms with Crippen LogP contribution in [0.4, 0.5) is 5.69 Å². The fraction of sp³-hybridized carbons (Fsp3) is 0.333. The molecule has 112 valence electrons. The summed E-state index contributed by atoms with van der Waals surface area (Å²) in [5, 5.41) is 16.4. The van der Waals surface area contributed by atoms with E-state index in [0.29, 0.717) is 17.8 Å². The molecule has 0 radical (unpaired) electrons. The number of amides is 1. The Morgan fingerprint density at radius 3 is 2.62 bits per heavy atom. The second kappa shape index (κ2) is 6.41. The standard InChI is InChI=1S/C15H20N4O2/c1-10(9-11(2)20)17-15(21)14-7-8-19(18-14)13-5-3-12(16)4-6-13/h3-8,10-11,20H,9,16H2,1-2H3,(H,17,21). The summed E-state index contributed by atoms with van der Waals surface area (Å²) >= 11 is 0. The Hall–Kier alpha value is -2.34. The van der Waals surface area contributed by atoms with Gasteiger partial charge in [0, 0.05) is 17.9 Å². The first-order valence-corrected chi connectivity index (χ1v) is 6.86. The molecule has 4 N–H and O–H groups in total. The van der Waals surface area contributed by atoms with Crippen LogP contribution in [0.1, 0.15) is 30.8 Å². The van der Waals surface area contributed by atoms with Crippen LogP contribution in [0, 0.1) is 0 Å². The zero-order valence-corrected chi connectivity index (χ0v) is 12.2. The molecular weight excluding hydrogens is 268 g/mol. The molecule has 0 spiro atoms. The van der Waals surface area contributed by atoms with Crippen molar-refractivity contribution < 1.29 is 9.90 Å². The highest BCUT2D eigenvalue weighted by Crippen LogP contribution is 2.11. The lowest BCUT2D eigenvalue weighted by atomic mass is 10.1. The van der Waals surface area contributed by atoms with Crippen molar-refractivity contribution in [3.05, 3.63) is 42.2 Å². The number of carbonyl (C=O) groups is 1. The highest BCUT2D eigenvalue weighted by atomic mass is 16.3. The monoisotopic (exact) mass is 288 g/mol. The average molecular weight is 288 g/mol. The summed E-state index contributed by atoms with van der Waals surface area (Å²) < 4.78 is 1.62. The molecule has 1 aromatic heterocycles. The Morgan fingerprint density at radius 1 is 1.33 bits per heavy atom. The zero-order chi connectivity index (χ0) is 15.4. The fourth-order valence-corrected chi connectivity index (χ4v) is 2.08. The van der Waals surface area contributed by atoms with Crippen LogP contribution in [0.15, 0.2) is 36.5 Å². The first-order valence-electron chi connectivity index (χ1n) is 6.86. The summed E-state index contributed by atoms with van der Waals surface area (Å²) in [6, 6.07) is 8.77. The molecule has 0 aliphatic rings. The van der Waals surface area contributed by atoms with E-state index >= 15 is 0 Å². The number of nitrogens with one attached hydrogen (secondary N) is 1. The van der Waals surface area contributed by atoms with Crippen molar-refractivity contribution in [2.24, 2.45) is 0 Å². The molecule has 2 rings (SSSR count). The van der Waals surface area contributed by atoms with Gasteiger partial charge >= 0.3 is 0 Å². The van der Waals surface area contributed by atoms with Crippen LogP contribution < -0.4 is 11.1 Å². The molecule has 2 aromatic rings. The first-order chi connectivity index (χ1) is 9.95. The molecule has 1 aromatic carbocycles. The van der Waals surface area contributed by atoms with Crippen LogP contribution in [0.3, 0.4) is 0 Å². The second-order valence-electron chi connectivity index (χ2n) is 5.20. The predicted molar refractivity (Wildman–Crippen MR) is 81.2 cm³/mol. The summed E-state index contributed by atoms with van der Waals surface area (Å²) in [5.41, 5.74) is 7.49. The van der Waals surface area contributed by atoms with Crippen LogP contribution in [0.25, 0.3) is 5.69 Å². The minimum absolute atomic E-state index is 0.112. The van der Waals surface area contributed by atoms with E-state index in [-0.39, 0.29) is 11.9 Å². The van der Waals surface area contributed by atoms with Gasteiger partial charge in [-0.1, -0.05) is 0 Å². The Bertz CT molecular complexity index is 604. The van der Waals surface area contributed by atoms with Gasteiger partial charge in [-0.3, -0.25) is 4.79 Å². The van der Waals surface area contributed by atoms with E-state index in [1.807, 2.05) is 19.1 Å². The third-order valence-corrected chi connectivity index (χ3v) is 3.05. The van der Waals surface area contributed by atoms with Gasteiger partial charge in [0.15, 0.2) is 5.69 Å². The summed E-state index contributed by atoms with van der Waals surface area (Å²) in [6.07, 6.45) is 1.78.